The summed E-state index contributed by atoms with van der Waals surface area (Å²) in [4.78, 5) is 15.0. The lowest BCUT2D eigenvalue weighted by Crippen LogP contribution is -2.42. The molecule has 0 aromatic heterocycles. The number of nitrogens with zero attached hydrogens (tertiary/aromatic N) is 1. The molecule has 164 valence electrons. The molecule has 0 aliphatic rings. The van der Waals surface area contributed by atoms with Gasteiger partial charge in [0.2, 0.25) is 0 Å². The first-order chi connectivity index (χ1) is 14.0. The molecule has 1 unspecified atom stereocenters. The Balaban J connectivity index is 0.00000450. The number of halogens is 2. The maximum atomic E-state index is 10.7. The van der Waals surface area contributed by atoms with Crippen molar-refractivity contribution in [3.05, 3.63) is 59.1 Å². The van der Waals surface area contributed by atoms with Crippen LogP contribution in [0.1, 0.15) is 12.5 Å². The molecule has 0 saturated heterocycles. The van der Waals surface area contributed by atoms with Crippen LogP contribution >= 0.6 is 35.6 Å². The number of aliphatic imine (C=N–C) groups is 1. The summed E-state index contributed by atoms with van der Waals surface area (Å²) in [7, 11) is 1.73. The van der Waals surface area contributed by atoms with Crippen molar-refractivity contribution < 1.29 is 14.3 Å². The van der Waals surface area contributed by atoms with E-state index in [1.807, 2.05) is 43.3 Å². The van der Waals surface area contributed by atoms with Crippen LogP contribution in [0.2, 0.25) is 5.02 Å². The first kappa shape index (κ1) is 25.8. The second-order valence-electron chi connectivity index (χ2n) is 6.41. The third-order valence-corrected chi connectivity index (χ3v) is 4.19. The number of carbonyl (C=O) groups excluding carboxylic acids is 1. The predicted octanol–water partition coefficient (Wildman–Crippen LogP) is 3.00. The predicted molar refractivity (Wildman–Crippen MR) is 131 cm³/mol. The van der Waals surface area contributed by atoms with Gasteiger partial charge in [-0.15, -0.1) is 24.0 Å². The average Bonchev–Trinajstić information content (AvgIpc) is 2.71. The quantitative estimate of drug-likeness (QED) is 0.242. The summed E-state index contributed by atoms with van der Waals surface area (Å²) >= 11 is 5.88. The molecule has 30 heavy (non-hydrogen) atoms. The van der Waals surface area contributed by atoms with Crippen LogP contribution in [0.15, 0.2) is 53.5 Å². The van der Waals surface area contributed by atoms with E-state index in [1.165, 1.54) is 0 Å². The van der Waals surface area contributed by atoms with E-state index in [0.717, 1.165) is 17.7 Å². The number of guanidine groups is 1. The lowest BCUT2D eigenvalue weighted by atomic mass is 10.1. The first-order valence-corrected chi connectivity index (χ1v) is 9.71. The zero-order valence-corrected chi connectivity index (χ0v) is 20.1. The van der Waals surface area contributed by atoms with Crippen LogP contribution in [0.3, 0.4) is 0 Å². The molecule has 0 radical (unpaired) electrons. The lowest BCUT2D eigenvalue weighted by molar-refractivity contribution is -0.119. The first-order valence-electron chi connectivity index (χ1n) is 9.33. The molecule has 4 N–H and O–H groups in total. The van der Waals surface area contributed by atoms with Gasteiger partial charge in [0.25, 0.3) is 5.91 Å². The summed E-state index contributed by atoms with van der Waals surface area (Å²) in [5.74, 6) is 1.60. The zero-order chi connectivity index (χ0) is 21.1. The van der Waals surface area contributed by atoms with Crippen LogP contribution in [-0.2, 0) is 11.2 Å². The van der Waals surface area contributed by atoms with Crippen LogP contribution in [0, 0.1) is 0 Å². The van der Waals surface area contributed by atoms with Crippen LogP contribution in [0.25, 0.3) is 0 Å². The smallest absolute Gasteiger partial charge is 0.255 e. The zero-order valence-electron chi connectivity index (χ0n) is 17.1. The number of carbonyl (C=O) groups is 1. The van der Waals surface area contributed by atoms with E-state index in [9.17, 15) is 4.79 Å². The van der Waals surface area contributed by atoms with Crippen molar-refractivity contribution in [1.29, 1.82) is 0 Å². The third-order valence-electron chi connectivity index (χ3n) is 3.94. The van der Waals surface area contributed by atoms with E-state index in [1.54, 1.807) is 19.2 Å². The Labute approximate surface area is 199 Å². The Bertz CT molecular complexity index is 801. The van der Waals surface area contributed by atoms with Gasteiger partial charge in [-0.25, -0.2) is 0 Å². The van der Waals surface area contributed by atoms with Crippen LogP contribution < -0.4 is 25.8 Å². The molecule has 0 fully saturated rings. The second-order valence-corrected chi connectivity index (χ2v) is 6.85. The van der Waals surface area contributed by atoms with E-state index in [-0.39, 0.29) is 36.7 Å². The summed E-state index contributed by atoms with van der Waals surface area (Å²) < 4.78 is 11.1. The Kier molecular flexibility index (Phi) is 12.0. The van der Waals surface area contributed by atoms with E-state index in [4.69, 9.17) is 26.8 Å². The van der Waals surface area contributed by atoms with Crippen molar-refractivity contribution in [2.24, 2.45) is 10.7 Å². The molecule has 7 nitrogen and oxygen atoms in total. The van der Waals surface area contributed by atoms with Crippen molar-refractivity contribution in [3.8, 4) is 11.5 Å². The number of hydrogen-bond acceptors (Lipinski definition) is 4. The summed E-state index contributed by atoms with van der Waals surface area (Å²) in [6, 6.07) is 14.8. The van der Waals surface area contributed by atoms with E-state index in [0.29, 0.717) is 29.8 Å². The van der Waals surface area contributed by atoms with Crippen LogP contribution in [0.5, 0.6) is 11.5 Å². The standard InChI is InChI=1S/C21H27ClN4O3.HI/c1-15(29-19-9-5-17(22)6-10-19)13-26-21(24-2)25-12-11-16-3-7-18(8-4-16)28-14-20(23)27;/h3-10,15H,11-14H2,1-2H3,(H2,23,27)(H2,24,25,26);1H. The minimum atomic E-state index is -0.495. The van der Waals surface area contributed by atoms with Gasteiger partial charge in [-0.2, -0.15) is 0 Å². The molecule has 0 saturated carbocycles. The van der Waals surface area contributed by atoms with E-state index >= 15 is 0 Å². The molecule has 1 atom stereocenters. The summed E-state index contributed by atoms with van der Waals surface area (Å²) in [6.45, 7) is 3.18. The largest absolute Gasteiger partial charge is 0.489 e. The van der Waals surface area contributed by atoms with Crippen molar-refractivity contribution in [2.75, 3.05) is 26.7 Å². The molecule has 9 heteroatoms. The topological polar surface area (TPSA) is 98.0 Å². The highest BCUT2D eigenvalue weighted by atomic mass is 127. The van der Waals surface area contributed by atoms with Crippen LogP contribution in [-0.4, -0.2) is 44.7 Å². The number of nitrogens with one attached hydrogen (secondary N) is 2. The number of ether oxygens (including phenoxy) is 2. The van der Waals surface area contributed by atoms with Gasteiger partial charge in [0.05, 0.1) is 6.54 Å². The molecule has 1 amide bonds. The summed E-state index contributed by atoms with van der Waals surface area (Å²) in [6.07, 6.45) is 0.774. The molecule has 0 heterocycles. The van der Waals surface area contributed by atoms with E-state index < -0.39 is 5.91 Å². The molecule has 0 spiro atoms. The number of primary amides is 1. The number of rotatable bonds is 10. The third kappa shape index (κ3) is 10.0. The van der Waals surface area contributed by atoms with Crippen molar-refractivity contribution >= 4 is 47.4 Å². The molecule has 0 bridgehead atoms. The van der Waals surface area contributed by atoms with Gasteiger partial charge >= 0.3 is 0 Å². The van der Waals surface area contributed by atoms with Gasteiger partial charge in [0.1, 0.15) is 17.6 Å². The summed E-state index contributed by atoms with van der Waals surface area (Å²) in [5, 5.41) is 7.20. The minimum Gasteiger partial charge on any atom is -0.489 e. The number of nitrogens with two attached hydrogens (primary N) is 1. The molecule has 2 rings (SSSR count). The normalized spacial score (nSPS) is 11.8. The molecule has 0 aliphatic heterocycles. The molecule has 0 aliphatic carbocycles. The Morgan fingerprint density at radius 3 is 2.33 bits per heavy atom. The Hall–Kier alpha value is -2.20. The number of hydrogen-bond donors (Lipinski definition) is 3. The number of benzene rings is 2. The molecular formula is C21H28ClIN4O3. The van der Waals surface area contributed by atoms with Crippen molar-refractivity contribution in [1.82, 2.24) is 10.6 Å². The SMILES string of the molecule is CN=C(NCCc1ccc(OCC(N)=O)cc1)NCC(C)Oc1ccc(Cl)cc1.I. The highest BCUT2D eigenvalue weighted by molar-refractivity contribution is 14.0. The van der Waals surface area contributed by atoms with Crippen LogP contribution in [0.4, 0.5) is 0 Å². The fraction of sp³-hybridized carbons (Fsp3) is 0.333. The summed E-state index contributed by atoms with van der Waals surface area (Å²) in [5.41, 5.74) is 6.20. The highest BCUT2D eigenvalue weighted by Gasteiger charge is 2.06. The molecular weight excluding hydrogens is 519 g/mol. The molecule has 2 aromatic rings. The monoisotopic (exact) mass is 546 g/mol. The van der Waals surface area contributed by atoms with E-state index in [2.05, 4.69) is 15.6 Å². The maximum absolute atomic E-state index is 10.7. The Morgan fingerprint density at radius 2 is 1.73 bits per heavy atom. The maximum Gasteiger partial charge on any atom is 0.255 e. The fourth-order valence-corrected chi connectivity index (χ4v) is 2.61. The lowest BCUT2D eigenvalue weighted by Gasteiger charge is -2.18. The highest BCUT2D eigenvalue weighted by Crippen LogP contribution is 2.16. The number of amides is 1. The van der Waals surface area contributed by atoms with Crippen molar-refractivity contribution in [3.63, 3.8) is 0 Å². The van der Waals surface area contributed by atoms with Gasteiger partial charge in [0, 0.05) is 18.6 Å². The van der Waals surface area contributed by atoms with Gasteiger partial charge in [-0.1, -0.05) is 23.7 Å². The van der Waals surface area contributed by atoms with Gasteiger partial charge in [-0.05, 0) is 55.3 Å². The fourth-order valence-electron chi connectivity index (χ4n) is 2.48. The van der Waals surface area contributed by atoms with Gasteiger partial charge in [-0.3, -0.25) is 9.79 Å². The van der Waals surface area contributed by atoms with Gasteiger partial charge in [0.15, 0.2) is 12.6 Å². The molecule has 2 aromatic carbocycles. The average molecular weight is 547 g/mol. The van der Waals surface area contributed by atoms with Crippen molar-refractivity contribution in [2.45, 2.75) is 19.4 Å². The second kappa shape index (κ2) is 13.9. The van der Waals surface area contributed by atoms with Gasteiger partial charge < -0.3 is 25.8 Å². The minimum absolute atomic E-state index is 0. The Morgan fingerprint density at radius 1 is 1.10 bits per heavy atom.